The lowest BCUT2D eigenvalue weighted by Crippen LogP contribution is -2.09. The van der Waals surface area contributed by atoms with Gasteiger partial charge in [-0.25, -0.2) is 0 Å². The van der Waals surface area contributed by atoms with Gasteiger partial charge in [-0.2, -0.15) is 0 Å². The molecule has 3 heteroatoms. The molecule has 1 saturated carbocycles. The van der Waals surface area contributed by atoms with E-state index in [-0.39, 0.29) is 0 Å². The quantitative estimate of drug-likeness (QED) is 0.800. The number of hydrogen-bond acceptors (Lipinski definition) is 2. The van der Waals surface area contributed by atoms with Crippen molar-refractivity contribution in [1.82, 2.24) is 0 Å². The topological polar surface area (TPSA) is 43.1 Å². The van der Waals surface area contributed by atoms with Gasteiger partial charge in [0, 0.05) is 11.4 Å². The zero-order valence-electron chi connectivity index (χ0n) is 8.82. The standard InChI is InChI=1S/C12H17NOS/c13-11-7-3-4-8-12(11)15(14)9-10-5-1-2-6-10/h3-4,7-8,10H,1-2,5-6,9,13H2. The van der Waals surface area contributed by atoms with Crippen LogP contribution in [0.25, 0.3) is 0 Å². The van der Waals surface area contributed by atoms with Crippen molar-refractivity contribution in [3.05, 3.63) is 24.3 Å². The predicted molar refractivity (Wildman–Crippen MR) is 64.1 cm³/mol. The first kappa shape index (κ1) is 10.7. The van der Waals surface area contributed by atoms with Crippen LogP contribution in [0.1, 0.15) is 25.7 Å². The number of anilines is 1. The van der Waals surface area contributed by atoms with E-state index in [0.717, 1.165) is 10.6 Å². The van der Waals surface area contributed by atoms with Crippen molar-refractivity contribution in [2.45, 2.75) is 30.6 Å². The average molecular weight is 223 g/mol. The molecule has 1 atom stereocenters. The molecule has 0 saturated heterocycles. The molecule has 0 radical (unpaired) electrons. The van der Waals surface area contributed by atoms with Gasteiger partial charge in [-0.05, 0) is 30.9 Å². The summed E-state index contributed by atoms with van der Waals surface area (Å²) < 4.78 is 12.1. The lowest BCUT2D eigenvalue weighted by molar-refractivity contribution is 0.604. The Bertz CT molecular complexity index is 358. The Hall–Kier alpha value is -0.830. The minimum atomic E-state index is -0.910. The summed E-state index contributed by atoms with van der Waals surface area (Å²) in [6, 6.07) is 7.48. The largest absolute Gasteiger partial charge is 0.398 e. The van der Waals surface area contributed by atoms with Crippen LogP contribution < -0.4 is 5.73 Å². The molecule has 82 valence electrons. The number of para-hydroxylation sites is 1. The highest BCUT2D eigenvalue weighted by atomic mass is 32.2. The maximum atomic E-state index is 12.1. The van der Waals surface area contributed by atoms with E-state index in [4.69, 9.17) is 5.73 Å². The lowest BCUT2D eigenvalue weighted by atomic mass is 10.1. The number of benzene rings is 1. The van der Waals surface area contributed by atoms with Gasteiger partial charge in [-0.1, -0.05) is 25.0 Å². The molecule has 1 aliphatic carbocycles. The van der Waals surface area contributed by atoms with Gasteiger partial charge in [0.15, 0.2) is 0 Å². The third-order valence-corrected chi connectivity index (χ3v) is 4.66. The van der Waals surface area contributed by atoms with Crippen molar-refractivity contribution in [1.29, 1.82) is 0 Å². The third-order valence-electron chi connectivity index (χ3n) is 3.03. The lowest BCUT2D eigenvalue weighted by Gasteiger charge is -2.09. The third kappa shape index (κ3) is 2.59. The molecule has 0 aromatic heterocycles. The first-order chi connectivity index (χ1) is 7.27. The van der Waals surface area contributed by atoms with Gasteiger partial charge < -0.3 is 5.73 Å². The van der Waals surface area contributed by atoms with Crippen molar-refractivity contribution in [3.63, 3.8) is 0 Å². The zero-order chi connectivity index (χ0) is 10.7. The van der Waals surface area contributed by atoms with E-state index in [1.54, 1.807) is 0 Å². The van der Waals surface area contributed by atoms with E-state index >= 15 is 0 Å². The van der Waals surface area contributed by atoms with Crippen molar-refractivity contribution in [2.24, 2.45) is 5.92 Å². The summed E-state index contributed by atoms with van der Waals surface area (Å²) in [6.07, 6.45) is 5.06. The van der Waals surface area contributed by atoms with E-state index in [1.165, 1.54) is 25.7 Å². The van der Waals surface area contributed by atoms with Crippen LogP contribution in [0.3, 0.4) is 0 Å². The Morgan fingerprint density at radius 3 is 2.60 bits per heavy atom. The second-order valence-electron chi connectivity index (χ2n) is 4.20. The van der Waals surface area contributed by atoms with Crippen molar-refractivity contribution >= 4 is 16.5 Å². The van der Waals surface area contributed by atoms with Crippen molar-refractivity contribution in [2.75, 3.05) is 11.5 Å². The first-order valence-electron chi connectivity index (χ1n) is 5.50. The van der Waals surface area contributed by atoms with Gasteiger partial charge in [0.1, 0.15) is 0 Å². The van der Waals surface area contributed by atoms with E-state index in [2.05, 4.69) is 0 Å². The summed E-state index contributed by atoms with van der Waals surface area (Å²) in [5.41, 5.74) is 6.46. The van der Waals surface area contributed by atoms with Crippen LogP contribution in [0.4, 0.5) is 5.69 Å². The van der Waals surface area contributed by atoms with Gasteiger partial charge in [-0.15, -0.1) is 0 Å². The second-order valence-corrected chi connectivity index (χ2v) is 5.66. The first-order valence-corrected chi connectivity index (χ1v) is 6.82. The average Bonchev–Trinajstić information content (AvgIpc) is 2.71. The summed E-state index contributed by atoms with van der Waals surface area (Å²) in [5, 5.41) is 0. The highest BCUT2D eigenvalue weighted by Gasteiger charge is 2.19. The molecule has 0 amide bonds. The minimum Gasteiger partial charge on any atom is -0.398 e. The van der Waals surface area contributed by atoms with Gasteiger partial charge >= 0.3 is 0 Å². The minimum absolute atomic E-state index is 0.644. The summed E-state index contributed by atoms with van der Waals surface area (Å²) in [6.45, 7) is 0. The predicted octanol–water partition coefficient (Wildman–Crippen LogP) is 2.57. The second kappa shape index (κ2) is 4.79. The molecule has 1 aromatic rings. The SMILES string of the molecule is Nc1ccccc1S(=O)CC1CCCC1. The van der Waals surface area contributed by atoms with Crippen LogP contribution in [-0.2, 0) is 10.8 Å². The Kier molecular flexibility index (Phi) is 3.41. The van der Waals surface area contributed by atoms with Crippen LogP contribution in [-0.4, -0.2) is 9.96 Å². The number of nitrogen functional groups attached to an aromatic ring is 1. The molecule has 2 rings (SSSR count). The molecule has 1 fully saturated rings. The van der Waals surface area contributed by atoms with Gasteiger partial charge in [0.25, 0.3) is 0 Å². The smallest absolute Gasteiger partial charge is 0.0617 e. The van der Waals surface area contributed by atoms with Gasteiger partial charge in [0.2, 0.25) is 0 Å². The summed E-state index contributed by atoms with van der Waals surface area (Å²) in [5.74, 6) is 1.43. The summed E-state index contributed by atoms with van der Waals surface area (Å²) in [4.78, 5) is 0.810. The number of nitrogens with two attached hydrogens (primary N) is 1. The molecule has 2 N–H and O–H groups in total. The van der Waals surface area contributed by atoms with Crippen LogP contribution in [0.5, 0.6) is 0 Å². The molecular formula is C12H17NOS. The summed E-state index contributed by atoms with van der Waals surface area (Å²) >= 11 is 0. The monoisotopic (exact) mass is 223 g/mol. The van der Waals surface area contributed by atoms with E-state index in [0.29, 0.717) is 11.6 Å². The van der Waals surface area contributed by atoms with Crippen LogP contribution in [0.15, 0.2) is 29.2 Å². The fourth-order valence-electron chi connectivity index (χ4n) is 2.17. The van der Waals surface area contributed by atoms with Crippen molar-refractivity contribution < 1.29 is 4.21 Å². The molecule has 1 unspecified atom stereocenters. The molecule has 1 aliphatic rings. The maximum absolute atomic E-state index is 12.1. The number of rotatable bonds is 3. The maximum Gasteiger partial charge on any atom is 0.0617 e. The van der Waals surface area contributed by atoms with Crippen molar-refractivity contribution in [3.8, 4) is 0 Å². The molecule has 0 heterocycles. The fraction of sp³-hybridized carbons (Fsp3) is 0.500. The number of hydrogen-bond donors (Lipinski definition) is 1. The molecular weight excluding hydrogens is 206 g/mol. The molecule has 0 aliphatic heterocycles. The van der Waals surface area contributed by atoms with Crippen LogP contribution in [0.2, 0.25) is 0 Å². The zero-order valence-corrected chi connectivity index (χ0v) is 9.63. The molecule has 15 heavy (non-hydrogen) atoms. The van der Waals surface area contributed by atoms with E-state index < -0.39 is 10.8 Å². The molecule has 2 nitrogen and oxygen atoms in total. The summed E-state index contributed by atoms with van der Waals surface area (Å²) in [7, 11) is -0.910. The molecule has 0 spiro atoms. The molecule has 1 aromatic carbocycles. The van der Waals surface area contributed by atoms with E-state index in [9.17, 15) is 4.21 Å². The van der Waals surface area contributed by atoms with Crippen LogP contribution >= 0.6 is 0 Å². The van der Waals surface area contributed by atoms with E-state index in [1.807, 2.05) is 24.3 Å². The Labute approximate surface area is 93.3 Å². The van der Waals surface area contributed by atoms with Crippen LogP contribution in [0, 0.1) is 5.92 Å². The molecule has 0 bridgehead atoms. The Morgan fingerprint density at radius 2 is 1.93 bits per heavy atom. The highest BCUT2D eigenvalue weighted by Crippen LogP contribution is 2.27. The highest BCUT2D eigenvalue weighted by molar-refractivity contribution is 7.85. The Balaban J connectivity index is 2.04. The fourth-order valence-corrected chi connectivity index (χ4v) is 3.67. The van der Waals surface area contributed by atoms with Gasteiger partial charge in [0.05, 0.1) is 15.7 Å². The van der Waals surface area contributed by atoms with Gasteiger partial charge in [-0.3, -0.25) is 4.21 Å². The Morgan fingerprint density at radius 1 is 1.27 bits per heavy atom. The normalized spacial score (nSPS) is 19.2.